The summed E-state index contributed by atoms with van der Waals surface area (Å²) in [5.74, 6) is 1.39. The number of amides is 1. The Bertz CT molecular complexity index is 1020. The molecule has 4 rings (SSSR count). The molecule has 0 unspecified atom stereocenters. The third kappa shape index (κ3) is 4.43. The normalized spacial score (nSPS) is 13.0. The van der Waals surface area contributed by atoms with Crippen molar-refractivity contribution in [2.24, 2.45) is 0 Å². The molecule has 0 atom stereocenters. The van der Waals surface area contributed by atoms with Crippen LogP contribution in [0.4, 0.5) is 0 Å². The molecule has 0 saturated heterocycles. The van der Waals surface area contributed by atoms with Crippen LogP contribution in [-0.4, -0.2) is 34.6 Å². The molecule has 0 saturated carbocycles. The van der Waals surface area contributed by atoms with Crippen LogP contribution in [0.2, 0.25) is 5.02 Å². The fraction of sp³-hybridized carbons (Fsp3) is 0.318. The molecule has 29 heavy (non-hydrogen) atoms. The lowest BCUT2D eigenvalue weighted by Crippen LogP contribution is -2.31. The van der Waals surface area contributed by atoms with Crippen LogP contribution in [0.15, 0.2) is 47.0 Å². The molecule has 0 spiro atoms. The number of aryl methyl sites for hydroxylation is 1. The van der Waals surface area contributed by atoms with Crippen LogP contribution in [0.1, 0.15) is 29.9 Å². The maximum Gasteiger partial charge on any atom is 0.260 e. The fourth-order valence-corrected chi connectivity index (χ4v) is 3.71. The van der Waals surface area contributed by atoms with Crippen molar-refractivity contribution in [3.8, 4) is 17.1 Å². The van der Waals surface area contributed by atoms with Crippen molar-refractivity contribution in [3.05, 3.63) is 64.5 Å². The largest absolute Gasteiger partial charge is 0.483 e. The predicted octanol–water partition coefficient (Wildman–Crippen LogP) is 4.31. The van der Waals surface area contributed by atoms with Gasteiger partial charge < -0.3 is 14.2 Å². The van der Waals surface area contributed by atoms with Gasteiger partial charge in [-0.15, -0.1) is 0 Å². The summed E-state index contributed by atoms with van der Waals surface area (Å²) in [7, 11) is 1.69. The number of fused-ring (bicyclic) bond motifs is 1. The van der Waals surface area contributed by atoms with Gasteiger partial charge in [-0.25, -0.2) is 0 Å². The third-order valence-corrected chi connectivity index (χ3v) is 5.41. The Morgan fingerprint density at radius 1 is 1.17 bits per heavy atom. The number of rotatable bonds is 6. The molecule has 1 amide bonds. The molecular formula is C22H22ClN3O3. The van der Waals surface area contributed by atoms with E-state index in [1.54, 1.807) is 13.1 Å². The molecule has 6 nitrogen and oxygen atoms in total. The summed E-state index contributed by atoms with van der Waals surface area (Å²) in [6, 6.07) is 13.3. The second-order valence-electron chi connectivity index (χ2n) is 7.13. The van der Waals surface area contributed by atoms with E-state index in [1.807, 2.05) is 30.3 Å². The molecule has 1 heterocycles. The first-order valence-electron chi connectivity index (χ1n) is 9.67. The van der Waals surface area contributed by atoms with Crippen molar-refractivity contribution < 1.29 is 14.1 Å². The van der Waals surface area contributed by atoms with E-state index in [9.17, 15) is 4.79 Å². The van der Waals surface area contributed by atoms with Crippen LogP contribution >= 0.6 is 11.6 Å². The van der Waals surface area contributed by atoms with Crippen molar-refractivity contribution in [3.63, 3.8) is 0 Å². The molecule has 0 aliphatic heterocycles. The highest BCUT2D eigenvalue weighted by Gasteiger charge is 2.18. The van der Waals surface area contributed by atoms with E-state index in [4.69, 9.17) is 20.9 Å². The van der Waals surface area contributed by atoms with E-state index in [0.29, 0.717) is 22.3 Å². The third-order valence-electron chi connectivity index (χ3n) is 5.09. The highest BCUT2D eigenvalue weighted by Crippen LogP contribution is 2.29. The number of likely N-dealkylation sites (N-methyl/N-ethyl adjacent to an activating group) is 1. The van der Waals surface area contributed by atoms with Crippen molar-refractivity contribution in [1.82, 2.24) is 15.0 Å². The molecule has 1 aliphatic carbocycles. The fourth-order valence-electron chi connectivity index (χ4n) is 3.49. The summed E-state index contributed by atoms with van der Waals surface area (Å²) >= 11 is 6.17. The topological polar surface area (TPSA) is 68.5 Å². The second kappa shape index (κ2) is 8.66. The molecule has 150 valence electrons. The van der Waals surface area contributed by atoms with Gasteiger partial charge in [0, 0.05) is 12.6 Å². The number of hydrogen-bond donors (Lipinski definition) is 0. The van der Waals surface area contributed by atoms with Crippen molar-refractivity contribution >= 4 is 17.5 Å². The van der Waals surface area contributed by atoms with Gasteiger partial charge in [0.2, 0.25) is 11.7 Å². The summed E-state index contributed by atoms with van der Waals surface area (Å²) in [6.45, 7) is 0.172. The zero-order valence-corrected chi connectivity index (χ0v) is 17.0. The molecule has 0 fully saturated rings. The van der Waals surface area contributed by atoms with Gasteiger partial charge in [0.15, 0.2) is 6.61 Å². The van der Waals surface area contributed by atoms with Gasteiger partial charge in [0.1, 0.15) is 5.75 Å². The number of carbonyl (C=O) groups excluding carboxylic acids is 1. The number of hydrogen-bond acceptors (Lipinski definition) is 5. The first-order chi connectivity index (χ1) is 14.1. The summed E-state index contributed by atoms with van der Waals surface area (Å²) in [5, 5.41) is 4.51. The Kier molecular flexibility index (Phi) is 5.81. The Hall–Kier alpha value is -2.86. The van der Waals surface area contributed by atoms with Gasteiger partial charge in [-0.05, 0) is 55.0 Å². The molecule has 0 bridgehead atoms. The van der Waals surface area contributed by atoms with Crippen LogP contribution in [0.25, 0.3) is 11.4 Å². The monoisotopic (exact) mass is 411 g/mol. The highest BCUT2D eigenvalue weighted by atomic mass is 35.5. The van der Waals surface area contributed by atoms with Gasteiger partial charge in [-0.2, -0.15) is 4.98 Å². The number of halogens is 1. The minimum atomic E-state index is -0.157. The summed E-state index contributed by atoms with van der Waals surface area (Å²) < 4.78 is 11.1. The Morgan fingerprint density at radius 3 is 2.86 bits per heavy atom. The molecule has 2 aromatic carbocycles. The second-order valence-corrected chi connectivity index (χ2v) is 7.54. The summed E-state index contributed by atoms with van der Waals surface area (Å²) in [4.78, 5) is 18.4. The zero-order chi connectivity index (χ0) is 20.2. The smallest absolute Gasteiger partial charge is 0.260 e. The van der Waals surface area contributed by atoms with E-state index in [2.05, 4.69) is 16.2 Å². The molecular weight excluding hydrogens is 390 g/mol. The van der Waals surface area contributed by atoms with Crippen molar-refractivity contribution in [1.29, 1.82) is 0 Å². The minimum Gasteiger partial charge on any atom is -0.483 e. The van der Waals surface area contributed by atoms with Gasteiger partial charge >= 0.3 is 0 Å². The maximum absolute atomic E-state index is 12.5. The number of nitrogens with zero attached hydrogens (tertiary/aromatic N) is 3. The van der Waals surface area contributed by atoms with Gasteiger partial charge in [-0.3, -0.25) is 4.79 Å². The van der Waals surface area contributed by atoms with E-state index in [-0.39, 0.29) is 19.1 Å². The van der Waals surface area contributed by atoms with Crippen LogP contribution in [0, 0.1) is 0 Å². The molecule has 1 aromatic heterocycles. The number of ether oxygens (including phenoxy) is 1. The lowest BCUT2D eigenvalue weighted by atomic mass is 9.91. The maximum atomic E-state index is 12.5. The first-order valence-corrected chi connectivity index (χ1v) is 10.0. The molecule has 1 aliphatic rings. The Labute approximate surface area is 174 Å². The minimum absolute atomic E-state index is 0.0293. The number of aromatic nitrogens is 2. The van der Waals surface area contributed by atoms with E-state index in [0.717, 1.165) is 25.0 Å². The van der Waals surface area contributed by atoms with Crippen LogP contribution < -0.4 is 4.74 Å². The zero-order valence-electron chi connectivity index (χ0n) is 16.2. The lowest BCUT2D eigenvalue weighted by molar-refractivity contribution is -0.132. The lowest BCUT2D eigenvalue weighted by Gasteiger charge is -2.20. The standard InChI is InChI=1S/C22H22ClN3O3/c1-26(13-20-24-22(25-29-20)17-10-4-5-11-18(17)23)21(27)14-28-19-12-6-8-15-7-2-3-9-16(15)19/h4-6,8,10-12H,2-3,7,9,13-14H2,1H3. The van der Waals surface area contributed by atoms with Gasteiger partial charge in [0.05, 0.1) is 11.6 Å². The molecule has 0 radical (unpaired) electrons. The van der Waals surface area contributed by atoms with Crippen LogP contribution in [0.3, 0.4) is 0 Å². The molecule has 0 N–H and O–H groups in total. The van der Waals surface area contributed by atoms with E-state index >= 15 is 0 Å². The van der Waals surface area contributed by atoms with Crippen LogP contribution in [0.5, 0.6) is 5.75 Å². The Morgan fingerprint density at radius 2 is 2.00 bits per heavy atom. The summed E-state index contributed by atoms with van der Waals surface area (Å²) in [6.07, 6.45) is 4.44. The van der Waals surface area contributed by atoms with Gasteiger partial charge in [0.25, 0.3) is 5.91 Å². The number of benzene rings is 2. The van der Waals surface area contributed by atoms with E-state index in [1.165, 1.54) is 22.4 Å². The summed E-state index contributed by atoms with van der Waals surface area (Å²) in [5.41, 5.74) is 3.25. The Balaban J connectivity index is 1.37. The van der Waals surface area contributed by atoms with Crippen molar-refractivity contribution in [2.45, 2.75) is 32.2 Å². The number of carbonyl (C=O) groups is 1. The SMILES string of the molecule is CN(Cc1nc(-c2ccccc2Cl)no1)C(=O)COc1cccc2c1CCCC2. The van der Waals surface area contributed by atoms with Crippen LogP contribution in [-0.2, 0) is 24.2 Å². The quantitative estimate of drug-likeness (QED) is 0.604. The molecule has 3 aromatic rings. The highest BCUT2D eigenvalue weighted by molar-refractivity contribution is 6.33. The predicted molar refractivity (Wildman–Crippen MR) is 110 cm³/mol. The molecule has 7 heteroatoms. The first kappa shape index (κ1) is 19.5. The average molecular weight is 412 g/mol. The van der Waals surface area contributed by atoms with E-state index < -0.39 is 0 Å². The van der Waals surface area contributed by atoms with Gasteiger partial charge in [-0.1, -0.05) is 41.0 Å². The van der Waals surface area contributed by atoms with Crippen molar-refractivity contribution in [2.75, 3.05) is 13.7 Å². The average Bonchev–Trinajstić information content (AvgIpc) is 3.20.